The van der Waals surface area contributed by atoms with Crippen LogP contribution in [0.4, 0.5) is 9.18 Å². The number of carbonyl (C=O) groups is 1. The fraction of sp³-hybridized carbons (Fsp3) is 0.484. The highest BCUT2D eigenvalue weighted by Crippen LogP contribution is 2.30. The molecule has 0 spiro atoms. The van der Waals surface area contributed by atoms with Crippen molar-refractivity contribution in [3.05, 3.63) is 72.0 Å². The van der Waals surface area contributed by atoms with E-state index in [1.54, 1.807) is 27.8 Å². The van der Waals surface area contributed by atoms with Gasteiger partial charge in [-0.25, -0.2) is 13.9 Å². The van der Waals surface area contributed by atoms with E-state index in [1.807, 2.05) is 13.1 Å². The number of rotatable bonds is 9. The average molecular weight is 526 g/mol. The van der Waals surface area contributed by atoms with Crippen LogP contribution in [0.1, 0.15) is 85.4 Å². The van der Waals surface area contributed by atoms with Crippen LogP contribution in [0.5, 0.6) is 0 Å². The normalized spacial score (nSPS) is 16.6. The average Bonchev–Trinajstić information content (AvgIpc) is 3.32. The van der Waals surface area contributed by atoms with Gasteiger partial charge in [-0.2, -0.15) is 5.10 Å². The van der Waals surface area contributed by atoms with Gasteiger partial charge in [-0.15, -0.1) is 0 Å². The van der Waals surface area contributed by atoms with E-state index >= 15 is 0 Å². The number of nitrogens with zero attached hydrogens (tertiary/aromatic N) is 3. The molecule has 2 amide bonds. The van der Waals surface area contributed by atoms with Crippen LogP contribution < -0.4 is 11.1 Å². The van der Waals surface area contributed by atoms with Crippen LogP contribution >= 0.6 is 0 Å². The van der Waals surface area contributed by atoms with Crippen LogP contribution in [0.15, 0.2) is 54.9 Å². The first kappa shape index (κ1) is 32.7. The summed E-state index contributed by atoms with van der Waals surface area (Å²) in [5, 5.41) is 8.37. The molecule has 3 rings (SSSR count). The van der Waals surface area contributed by atoms with Crippen LogP contribution in [-0.4, -0.2) is 39.8 Å². The standard InChI is InChI=1S/C27H36FN5O.C3H8.CH4/c1-5-10-25(31-24(7-3)19-11-9-16-32(18-19)27(29)34)22(6-2)23-17-30-33(26(23)8-4)21-14-12-20(28)13-15-21;1-3-2;/h6,8,10,12-15,17,19,24,31H,4-5,7,9,11,16,18H2,1-3H3,(H2,29,34);3H2,1-2H3;1H4/b22-6+,25-10+;;. The van der Waals surface area contributed by atoms with Gasteiger partial charge in [0.25, 0.3) is 0 Å². The summed E-state index contributed by atoms with van der Waals surface area (Å²) in [6.07, 6.45) is 12.9. The molecule has 2 heterocycles. The maximum Gasteiger partial charge on any atom is 0.314 e. The number of amides is 2. The minimum Gasteiger partial charge on any atom is -0.382 e. The Morgan fingerprint density at radius 1 is 1.26 bits per heavy atom. The van der Waals surface area contributed by atoms with Crippen molar-refractivity contribution in [2.75, 3.05) is 13.1 Å². The van der Waals surface area contributed by atoms with Gasteiger partial charge in [-0.3, -0.25) is 0 Å². The van der Waals surface area contributed by atoms with E-state index in [4.69, 9.17) is 5.73 Å². The number of hydrogen-bond acceptors (Lipinski definition) is 3. The number of urea groups is 1. The first-order chi connectivity index (χ1) is 17.8. The number of halogens is 1. The molecule has 0 radical (unpaired) electrons. The van der Waals surface area contributed by atoms with Crippen LogP contribution in [-0.2, 0) is 0 Å². The number of allylic oxidation sites excluding steroid dienone is 3. The number of carbonyl (C=O) groups excluding carboxylic acids is 1. The minimum atomic E-state index is -0.346. The molecule has 1 fully saturated rings. The van der Waals surface area contributed by atoms with Crippen molar-refractivity contribution in [3.8, 4) is 5.69 Å². The molecule has 0 aliphatic carbocycles. The zero-order valence-corrected chi connectivity index (χ0v) is 23.1. The largest absolute Gasteiger partial charge is 0.382 e. The molecular weight excluding hydrogens is 477 g/mol. The third kappa shape index (κ3) is 8.33. The topological polar surface area (TPSA) is 76.2 Å². The van der Waals surface area contributed by atoms with E-state index in [2.05, 4.69) is 56.8 Å². The molecule has 210 valence electrons. The number of nitrogens with two attached hydrogens (primary N) is 1. The van der Waals surface area contributed by atoms with Crippen molar-refractivity contribution in [2.24, 2.45) is 11.7 Å². The summed E-state index contributed by atoms with van der Waals surface area (Å²) in [5.41, 5.74) is 10.2. The Morgan fingerprint density at radius 3 is 2.45 bits per heavy atom. The van der Waals surface area contributed by atoms with Crippen molar-refractivity contribution >= 4 is 17.7 Å². The highest BCUT2D eigenvalue weighted by molar-refractivity contribution is 5.82. The molecule has 0 saturated carbocycles. The minimum absolute atomic E-state index is 0. The molecule has 3 N–H and O–H groups in total. The lowest BCUT2D eigenvalue weighted by molar-refractivity contribution is 0.157. The molecule has 1 aromatic carbocycles. The van der Waals surface area contributed by atoms with Gasteiger partial charge in [0.1, 0.15) is 5.82 Å². The SMILES string of the molecule is C.C=Cc1c(C(=C\C)/C(=C\CC)NC(CC)C2CCCN(C(N)=O)C2)cnn1-c1ccc(F)cc1.CCC. The van der Waals surface area contributed by atoms with E-state index in [-0.39, 0.29) is 25.3 Å². The Bertz CT molecular complexity index is 1070. The molecule has 1 aromatic heterocycles. The predicted molar refractivity (Wildman–Crippen MR) is 159 cm³/mol. The number of nitrogens with one attached hydrogen (secondary N) is 1. The summed E-state index contributed by atoms with van der Waals surface area (Å²) in [6, 6.07) is 6.12. The predicted octanol–water partition coefficient (Wildman–Crippen LogP) is 7.56. The van der Waals surface area contributed by atoms with Gasteiger partial charge in [-0.1, -0.05) is 60.3 Å². The van der Waals surface area contributed by atoms with Gasteiger partial charge in [0.2, 0.25) is 0 Å². The summed E-state index contributed by atoms with van der Waals surface area (Å²) >= 11 is 0. The van der Waals surface area contributed by atoms with Crippen molar-refractivity contribution in [1.82, 2.24) is 20.0 Å². The van der Waals surface area contributed by atoms with Crippen molar-refractivity contribution < 1.29 is 9.18 Å². The Balaban J connectivity index is 0.00000172. The van der Waals surface area contributed by atoms with Gasteiger partial charge in [0.05, 0.1) is 17.6 Å². The third-order valence-electron chi connectivity index (χ3n) is 6.47. The molecule has 7 heteroatoms. The number of aromatic nitrogens is 2. The summed E-state index contributed by atoms with van der Waals surface area (Å²) in [4.78, 5) is 13.5. The molecule has 1 aliphatic heterocycles. The smallest absolute Gasteiger partial charge is 0.314 e. The fourth-order valence-electron chi connectivity index (χ4n) is 4.75. The van der Waals surface area contributed by atoms with E-state index in [0.717, 1.165) is 60.4 Å². The monoisotopic (exact) mass is 525 g/mol. The van der Waals surface area contributed by atoms with Gasteiger partial charge in [0.15, 0.2) is 0 Å². The second-order valence-electron chi connectivity index (χ2n) is 9.32. The molecule has 0 bridgehead atoms. The summed E-state index contributed by atoms with van der Waals surface area (Å²) < 4.78 is 15.2. The Hall–Kier alpha value is -3.35. The second kappa shape index (κ2) is 16.5. The molecular formula is C31H48FN5O. The Morgan fingerprint density at radius 2 is 1.92 bits per heavy atom. The molecule has 2 unspecified atom stereocenters. The third-order valence-corrected chi connectivity index (χ3v) is 6.47. The number of likely N-dealkylation sites (tertiary alicyclic amines) is 1. The zero-order valence-electron chi connectivity index (χ0n) is 23.1. The van der Waals surface area contributed by atoms with Gasteiger partial charge < -0.3 is 16.0 Å². The first-order valence-corrected chi connectivity index (χ1v) is 13.5. The van der Waals surface area contributed by atoms with Crippen LogP contribution in [0.25, 0.3) is 17.3 Å². The van der Waals surface area contributed by atoms with Gasteiger partial charge in [-0.05, 0) is 68.9 Å². The van der Waals surface area contributed by atoms with Crippen LogP contribution in [0.3, 0.4) is 0 Å². The molecule has 2 atom stereocenters. The molecule has 2 aromatic rings. The van der Waals surface area contributed by atoms with Crippen LogP contribution in [0.2, 0.25) is 0 Å². The lowest BCUT2D eigenvalue weighted by Gasteiger charge is -2.37. The first-order valence-electron chi connectivity index (χ1n) is 13.5. The zero-order chi connectivity index (χ0) is 27.4. The maximum atomic E-state index is 13.4. The quantitative estimate of drug-likeness (QED) is 0.332. The summed E-state index contributed by atoms with van der Waals surface area (Å²) in [5.74, 6) is 0.0384. The van der Waals surface area contributed by atoms with Crippen molar-refractivity contribution in [1.29, 1.82) is 0 Å². The summed E-state index contributed by atoms with van der Waals surface area (Å²) in [7, 11) is 0. The lowest BCUT2D eigenvalue weighted by Crippen LogP contribution is -2.48. The van der Waals surface area contributed by atoms with Gasteiger partial charge in [0, 0.05) is 36.0 Å². The fourth-order valence-corrected chi connectivity index (χ4v) is 4.75. The van der Waals surface area contributed by atoms with Crippen LogP contribution in [0, 0.1) is 11.7 Å². The van der Waals surface area contributed by atoms with E-state index < -0.39 is 0 Å². The molecule has 1 aliphatic rings. The molecule has 1 saturated heterocycles. The second-order valence-corrected chi connectivity index (χ2v) is 9.32. The number of primary amides is 1. The van der Waals surface area contributed by atoms with Gasteiger partial charge >= 0.3 is 6.03 Å². The molecule has 6 nitrogen and oxygen atoms in total. The number of benzene rings is 1. The summed E-state index contributed by atoms with van der Waals surface area (Å²) in [6.45, 7) is 16.0. The Labute approximate surface area is 229 Å². The van der Waals surface area contributed by atoms with Crippen molar-refractivity contribution in [3.63, 3.8) is 0 Å². The lowest BCUT2D eigenvalue weighted by atomic mass is 9.88. The van der Waals surface area contributed by atoms with E-state index in [0.29, 0.717) is 12.5 Å². The molecule has 38 heavy (non-hydrogen) atoms. The van der Waals surface area contributed by atoms with Crippen molar-refractivity contribution in [2.45, 2.75) is 80.2 Å². The highest BCUT2D eigenvalue weighted by Gasteiger charge is 2.29. The number of piperidine rings is 1. The number of hydrogen-bond donors (Lipinski definition) is 2. The Kier molecular flexibility index (Phi) is 14.2. The maximum absolute atomic E-state index is 13.4. The van der Waals surface area contributed by atoms with E-state index in [1.165, 1.54) is 18.6 Å². The highest BCUT2D eigenvalue weighted by atomic mass is 19.1. The van der Waals surface area contributed by atoms with E-state index in [9.17, 15) is 9.18 Å².